The van der Waals surface area contributed by atoms with Crippen molar-refractivity contribution in [2.45, 2.75) is 26.4 Å². The zero-order chi connectivity index (χ0) is 15.4. The number of anilines is 2. The topological polar surface area (TPSA) is 108 Å². The fourth-order valence-corrected chi connectivity index (χ4v) is 1.82. The van der Waals surface area contributed by atoms with Gasteiger partial charge in [-0.2, -0.15) is 0 Å². The molecular weight excluding hydrogens is 264 g/mol. The molecule has 0 fully saturated rings. The Kier molecular flexibility index (Phi) is 5.09. The molecule has 1 aromatic rings. The Morgan fingerprint density at radius 2 is 2.05 bits per heavy atom. The van der Waals surface area contributed by atoms with Crippen LogP contribution < -0.4 is 22.3 Å². The quantitative estimate of drug-likeness (QED) is 0.705. The minimum Gasteiger partial charge on any atom is -0.383 e. The summed E-state index contributed by atoms with van der Waals surface area (Å²) in [5.74, 6) is -0.257. The lowest BCUT2D eigenvalue weighted by atomic mass is 10.3. The van der Waals surface area contributed by atoms with E-state index in [4.69, 9.17) is 10.5 Å². The van der Waals surface area contributed by atoms with Crippen LogP contribution in [0.15, 0.2) is 9.59 Å². The van der Waals surface area contributed by atoms with Crippen molar-refractivity contribution in [3.8, 4) is 0 Å². The highest BCUT2D eigenvalue weighted by atomic mass is 16.5. The number of Topliss-reactive ketones (excluding diaryl/α,β-unsaturated/α-hetero) is 1. The molecule has 1 heterocycles. The molecule has 0 bridgehead atoms. The summed E-state index contributed by atoms with van der Waals surface area (Å²) in [4.78, 5) is 35.4. The molecule has 0 saturated heterocycles. The number of hydrogen-bond donors (Lipinski definition) is 2. The van der Waals surface area contributed by atoms with Crippen LogP contribution in [0.5, 0.6) is 0 Å². The zero-order valence-electron chi connectivity index (χ0n) is 12.1. The number of nitrogens with two attached hydrogens (primary N) is 1. The minimum absolute atomic E-state index is 0.0303. The van der Waals surface area contributed by atoms with Crippen LogP contribution in [-0.4, -0.2) is 34.7 Å². The van der Waals surface area contributed by atoms with Crippen molar-refractivity contribution in [3.63, 3.8) is 0 Å². The maximum atomic E-state index is 12.3. The van der Waals surface area contributed by atoms with Gasteiger partial charge in [0.25, 0.3) is 5.56 Å². The van der Waals surface area contributed by atoms with Gasteiger partial charge in [0.15, 0.2) is 0 Å². The lowest BCUT2D eigenvalue weighted by molar-refractivity contribution is -0.117. The first-order chi connectivity index (χ1) is 9.29. The standard InChI is InChI=1S/C12H20N4O4/c1-7(6-20-4)14-9-10(13)15(3)12(19)16(11(9)18)5-8(2)17/h7,14H,5-6,13H2,1-4H3/t7-/m0/s1. The van der Waals surface area contributed by atoms with Crippen molar-refractivity contribution in [1.82, 2.24) is 9.13 Å². The summed E-state index contributed by atoms with van der Waals surface area (Å²) in [6, 6.07) is -0.168. The number of hydrogen-bond acceptors (Lipinski definition) is 6. The van der Waals surface area contributed by atoms with E-state index in [-0.39, 0.29) is 29.9 Å². The van der Waals surface area contributed by atoms with Crippen LogP contribution in [0.3, 0.4) is 0 Å². The molecule has 1 rings (SSSR count). The van der Waals surface area contributed by atoms with Crippen LogP contribution in [-0.2, 0) is 23.1 Å². The summed E-state index contributed by atoms with van der Waals surface area (Å²) in [5.41, 5.74) is 4.66. The fraction of sp³-hybridized carbons (Fsp3) is 0.583. The number of ketones is 1. The molecule has 0 amide bonds. The maximum absolute atomic E-state index is 12.3. The second-order valence-electron chi connectivity index (χ2n) is 4.70. The van der Waals surface area contributed by atoms with Gasteiger partial charge >= 0.3 is 5.69 Å². The normalized spacial score (nSPS) is 12.2. The van der Waals surface area contributed by atoms with E-state index in [2.05, 4.69) is 5.32 Å². The highest BCUT2D eigenvalue weighted by Crippen LogP contribution is 2.10. The van der Waals surface area contributed by atoms with Crippen LogP contribution in [0.4, 0.5) is 11.5 Å². The van der Waals surface area contributed by atoms with E-state index >= 15 is 0 Å². The highest BCUT2D eigenvalue weighted by Gasteiger charge is 2.17. The number of methoxy groups -OCH3 is 1. The first-order valence-corrected chi connectivity index (χ1v) is 6.13. The smallest absolute Gasteiger partial charge is 0.332 e. The number of nitrogen functional groups attached to an aromatic ring is 1. The molecule has 1 aromatic heterocycles. The Balaban J connectivity index is 3.37. The van der Waals surface area contributed by atoms with Gasteiger partial charge in [0, 0.05) is 20.2 Å². The Hall–Kier alpha value is -2.09. The molecule has 3 N–H and O–H groups in total. The first-order valence-electron chi connectivity index (χ1n) is 6.13. The molecule has 0 unspecified atom stereocenters. The van der Waals surface area contributed by atoms with Crippen molar-refractivity contribution in [2.75, 3.05) is 24.8 Å². The van der Waals surface area contributed by atoms with Crippen LogP contribution in [0.2, 0.25) is 0 Å². The fourth-order valence-electron chi connectivity index (χ4n) is 1.82. The first kappa shape index (κ1) is 16.0. The van der Waals surface area contributed by atoms with Gasteiger partial charge in [-0.25, -0.2) is 4.79 Å². The second kappa shape index (κ2) is 6.38. The largest absolute Gasteiger partial charge is 0.383 e. The van der Waals surface area contributed by atoms with E-state index in [1.165, 1.54) is 21.1 Å². The summed E-state index contributed by atoms with van der Waals surface area (Å²) in [7, 11) is 2.98. The molecule has 0 spiro atoms. The van der Waals surface area contributed by atoms with E-state index in [0.717, 1.165) is 9.13 Å². The number of aromatic nitrogens is 2. The SMILES string of the molecule is COC[C@H](C)Nc1c(N)n(C)c(=O)n(CC(C)=O)c1=O. The lowest BCUT2D eigenvalue weighted by Gasteiger charge is -2.18. The second-order valence-corrected chi connectivity index (χ2v) is 4.70. The van der Waals surface area contributed by atoms with Gasteiger partial charge in [0.1, 0.15) is 17.3 Å². The van der Waals surface area contributed by atoms with Crippen molar-refractivity contribution in [1.29, 1.82) is 0 Å². The monoisotopic (exact) mass is 284 g/mol. The van der Waals surface area contributed by atoms with Crippen molar-refractivity contribution in [2.24, 2.45) is 7.05 Å². The molecule has 0 radical (unpaired) electrons. The van der Waals surface area contributed by atoms with Gasteiger partial charge in [-0.15, -0.1) is 0 Å². The number of nitrogens with zero attached hydrogens (tertiary/aromatic N) is 2. The Labute approximate surface area is 116 Å². The van der Waals surface area contributed by atoms with Crippen LogP contribution in [0, 0.1) is 0 Å². The Morgan fingerprint density at radius 3 is 2.55 bits per heavy atom. The van der Waals surface area contributed by atoms with E-state index < -0.39 is 11.2 Å². The van der Waals surface area contributed by atoms with Crippen molar-refractivity contribution >= 4 is 17.3 Å². The molecule has 20 heavy (non-hydrogen) atoms. The third kappa shape index (κ3) is 3.27. The van der Waals surface area contributed by atoms with E-state index in [1.807, 2.05) is 6.92 Å². The number of rotatable bonds is 6. The molecular formula is C12H20N4O4. The number of carbonyl (C=O) groups is 1. The van der Waals surface area contributed by atoms with Gasteiger partial charge in [0.2, 0.25) is 0 Å². The van der Waals surface area contributed by atoms with E-state index in [0.29, 0.717) is 6.61 Å². The van der Waals surface area contributed by atoms with Gasteiger partial charge in [-0.1, -0.05) is 0 Å². The van der Waals surface area contributed by atoms with Gasteiger partial charge in [-0.3, -0.25) is 18.7 Å². The van der Waals surface area contributed by atoms with Gasteiger partial charge in [-0.05, 0) is 13.8 Å². The van der Waals surface area contributed by atoms with E-state index in [9.17, 15) is 14.4 Å². The number of carbonyl (C=O) groups excluding carboxylic acids is 1. The summed E-state index contributed by atoms with van der Waals surface area (Å²) in [5, 5.41) is 2.91. The predicted octanol–water partition coefficient (Wildman–Crippen LogP) is -0.835. The van der Waals surface area contributed by atoms with Gasteiger partial charge in [0.05, 0.1) is 13.2 Å². The predicted molar refractivity (Wildman–Crippen MR) is 76.0 cm³/mol. The third-order valence-electron chi connectivity index (χ3n) is 2.78. The van der Waals surface area contributed by atoms with Crippen LogP contribution >= 0.6 is 0 Å². The molecule has 0 saturated carbocycles. The molecule has 1 atom stereocenters. The maximum Gasteiger partial charge on any atom is 0.332 e. The average Bonchev–Trinajstić information content (AvgIpc) is 2.37. The number of nitrogens with one attached hydrogen (secondary N) is 1. The highest BCUT2D eigenvalue weighted by molar-refractivity contribution is 5.75. The molecule has 112 valence electrons. The summed E-state index contributed by atoms with van der Waals surface area (Å²) in [6.07, 6.45) is 0. The molecule has 0 aliphatic rings. The Bertz CT molecular complexity index is 617. The molecule has 8 heteroatoms. The number of ether oxygens (including phenoxy) is 1. The Morgan fingerprint density at radius 1 is 1.45 bits per heavy atom. The molecule has 0 aliphatic heterocycles. The minimum atomic E-state index is -0.618. The lowest BCUT2D eigenvalue weighted by Crippen LogP contribution is -2.43. The zero-order valence-corrected chi connectivity index (χ0v) is 12.1. The van der Waals surface area contributed by atoms with Crippen molar-refractivity contribution in [3.05, 3.63) is 20.8 Å². The van der Waals surface area contributed by atoms with Gasteiger partial charge < -0.3 is 15.8 Å². The summed E-state index contributed by atoms with van der Waals surface area (Å²) >= 11 is 0. The van der Waals surface area contributed by atoms with Crippen molar-refractivity contribution < 1.29 is 9.53 Å². The molecule has 0 aliphatic carbocycles. The molecule has 8 nitrogen and oxygen atoms in total. The third-order valence-corrected chi connectivity index (χ3v) is 2.78. The van der Waals surface area contributed by atoms with Crippen LogP contribution in [0.1, 0.15) is 13.8 Å². The summed E-state index contributed by atoms with van der Waals surface area (Å²) < 4.78 is 6.96. The van der Waals surface area contributed by atoms with E-state index in [1.54, 1.807) is 0 Å². The summed E-state index contributed by atoms with van der Waals surface area (Å²) in [6.45, 7) is 3.21. The molecule has 0 aromatic carbocycles. The average molecular weight is 284 g/mol. The van der Waals surface area contributed by atoms with Crippen LogP contribution in [0.25, 0.3) is 0 Å².